The monoisotopic (exact) mass is 460 g/mol. The highest BCUT2D eigenvalue weighted by Crippen LogP contribution is 2.32. The number of nitrogens with two attached hydrogens (primary N) is 2. The van der Waals surface area contributed by atoms with Crippen molar-refractivity contribution in [2.24, 2.45) is 10.7 Å². The van der Waals surface area contributed by atoms with Gasteiger partial charge in [0, 0.05) is 36.0 Å². The Kier molecular flexibility index (Phi) is 5.79. The first-order valence-corrected chi connectivity index (χ1v) is 10.0. The van der Waals surface area contributed by atoms with Crippen LogP contribution in [0.5, 0.6) is 5.75 Å². The van der Waals surface area contributed by atoms with Crippen LogP contribution in [-0.2, 0) is 19.2 Å². The van der Waals surface area contributed by atoms with E-state index in [-0.39, 0.29) is 41.5 Å². The molecular weight excluding hydrogens is 440 g/mol. The van der Waals surface area contributed by atoms with Crippen LogP contribution in [0.3, 0.4) is 0 Å². The zero-order valence-corrected chi connectivity index (χ0v) is 17.5. The van der Waals surface area contributed by atoms with E-state index in [1.165, 1.54) is 24.5 Å². The fourth-order valence-electron chi connectivity index (χ4n) is 3.58. The van der Waals surface area contributed by atoms with Crippen LogP contribution in [0.15, 0.2) is 53.3 Å². The molecule has 2 bridgehead atoms. The lowest BCUT2D eigenvalue weighted by Gasteiger charge is -2.18. The standard InChI is InChI=1S/C22H20F4N6O/c1-2-29-20-12(9-27)6-16-8-19(22(24,25)26)31-32(16)17-4-3-15(23)5-14(17)11-33-18-7-13(20)10-30-21(18)28/h3-5,7-10H,2,6,11,27H2,1H3,(H2,28,30). The number of alkyl halides is 3. The number of ether oxygens (including phenoxy) is 1. The van der Waals surface area contributed by atoms with Gasteiger partial charge < -0.3 is 16.2 Å². The Hall–Kier alpha value is -3.89. The van der Waals surface area contributed by atoms with Crippen molar-refractivity contribution >= 4 is 11.5 Å². The summed E-state index contributed by atoms with van der Waals surface area (Å²) in [6, 6.07) is 6.24. The first kappa shape index (κ1) is 22.3. The lowest BCUT2D eigenvalue weighted by atomic mass is 9.99. The van der Waals surface area contributed by atoms with Crippen molar-refractivity contribution in [3.8, 4) is 11.4 Å². The summed E-state index contributed by atoms with van der Waals surface area (Å²) in [6.07, 6.45) is -1.93. The van der Waals surface area contributed by atoms with Gasteiger partial charge in [0.1, 0.15) is 12.4 Å². The molecule has 4 rings (SSSR count). The summed E-state index contributed by atoms with van der Waals surface area (Å²) in [5.41, 5.74) is 12.9. The van der Waals surface area contributed by atoms with E-state index in [0.29, 0.717) is 23.4 Å². The van der Waals surface area contributed by atoms with Gasteiger partial charge in [-0.3, -0.25) is 4.99 Å². The smallest absolute Gasteiger partial charge is 0.435 e. The van der Waals surface area contributed by atoms with E-state index < -0.39 is 17.7 Å². The molecule has 0 saturated carbocycles. The lowest BCUT2D eigenvalue weighted by Crippen LogP contribution is -2.16. The summed E-state index contributed by atoms with van der Waals surface area (Å²) in [7, 11) is 0. The van der Waals surface area contributed by atoms with Crippen molar-refractivity contribution in [1.29, 1.82) is 0 Å². The van der Waals surface area contributed by atoms with E-state index >= 15 is 0 Å². The lowest BCUT2D eigenvalue weighted by molar-refractivity contribution is -0.141. The molecule has 3 aromatic rings. The molecule has 1 aromatic carbocycles. The SMILES string of the molecule is CCN=C1C(=CN)Cc2cc(C(F)(F)F)nn2-c2ccc(F)cc2COc2cc1cnc2N. The molecule has 11 heteroatoms. The minimum atomic E-state index is -4.68. The zero-order valence-electron chi connectivity index (χ0n) is 17.5. The van der Waals surface area contributed by atoms with E-state index in [2.05, 4.69) is 15.1 Å². The molecule has 7 nitrogen and oxygen atoms in total. The number of aromatic nitrogens is 3. The molecule has 1 aliphatic heterocycles. The molecule has 2 aromatic heterocycles. The number of hydrogen-bond acceptors (Lipinski definition) is 6. The number of hydrogen-bond donors (Lipinski definition) is 2. The van der Waals surface area contributed by atoms with Gasteiger partial charge in [-0.1, -0.05) is 0 Å². The Morgan fingerprint density at radius 1 is 1.24 bits per heavy atom. The summed E-state index contributed by atoms with van der Waals surface area (Å²) in [4.78, 5) is 8.63. The van der Waals surface area contributed by atoms with E-state index in [4.69, 9.17) is 16.2 Å². The van der Waals surface area contributed by atoms with E-state index in [0.717, 1.165) is 16.8 Å². The van der Waals surface area contributed by atoms with Crippen LogP contribution in [0, 0.1) is 5.82 Å². The molecular formula is C22H20F4N6O. The molecule has 0 spiro atoms. The number of aliphatic imine (C=N–C) groups is 1. The van der Waals surface area contributed by atoms with Crippen molar-refractivity contribution in [2.75, 3.05) is 12.3 Å². The first-order chi connectivity index (χ1) is 15.7. The van der Waals surface area contributed by atoms with Crippen LogP contribution in [0.4, 0.5) is 23.4 Å². The number of allylic oxidation sites excluding steroid dienone is 1. The molecule has 33 heavy (non-hydrogen) atoms. The summed E-state index contributed by atoms with van der Waals surface area (Å²) >= 11 is 0. The van der Waals surface area contributed by atoms with Crippen LogP contribution in [0.1, 0.15) is 29.4 Å². The number of nitrogen functional groups attached to an aromatic ring is 1. The molecule has 0 unspecified atom stereocenters. The van der Waals surface area contributed by atoms with Crippen LogP contribution < -0.4 is 16.2 Å². The van der Waals surface area contributed by atoms with Gasteiger partial charge in [-0.25, -0.2) is 14.1 Å². The molecule has 172 valence electrons. The highest BCUT2D eigenvalue weighted by atomic mass is 19.4. The van der Waals surface area contributed by atoms with Crippen molar-refractivity contribution in [2.45, 2.75) is 26.1 Å². The fourth-order valence-corrected chi connectivity index (χ4v) is 3.58. The largest absolute Gasteiger partial charge is 0.485 e. The Morgan fingerprint density at radius 2 is 2.03 bits per heavy atom. The number of fused-ring (bicyclic) bond motifs is 5. The highest BCUT2D eigenvalue weighted by Gasteiger charge is 2.35. The van der Waals surface area contributed by atoms with Gasteiger partial charge in [-0.2, -0.15) is 18.3 Å². The average Bonchev–Trinajstić information content (AvgIpc) is 3.19. The summed E-state index contributed by atoms with van der Waals surface area (Å²) in [6.45, 7) is 2.03. The number of anilines is 1. The minimum absolute atomic E-state index is 0.0181. The average molecular weight is 460 g/mol. The number of nitrogens with zero attached hydrogens (tertiary/aromatic N) is 4. The zero-order chi connectivity index (χ0) is 23.8. The van der Waals surface area contributed by atoms with E-state index in [1.54, 1.807) is 6.07 Å². The van der Waals surface area contributed by atoms with Crippen LogP contribution >= 0.6 is 0 Å². The maximum absolute atomic E-state index is 14.0. The van der Waals surface area contributed by atoms with E-state index in [1.807, 2.05) is 6.92 Å². The molecule has 0 amide bonds. The minimum Gasteiger partial charge on any atom is -0.485 e. The quantitative estimate of drug-likeness (QED) is 0.538. The van der Waals surface area contributed by atoms with Gasteiger partial charge in [-0.05, 0) is 49.0 Å². The summed E-state index contributed by atoms with van der Waals surface area (Å²) in [5, 5.41) is 3.78. The van der Waals surface area contributed by atoms with Gasteiger partial charge >= 0.3 is 6.18 Å². The van der Waals surface area contributed by atoms with Gasteiger partial charge in [0.05, 0.1) is 11.4 Å². The van der Waals surface area contributed by atoms with Gasteiger partial charge in [0.15, 0.2) is 17.3 Å². The second-order valence-corrected chi connectivity index (χ2v) is 7.29. The van der Waals surface area contributed by atoms with Gasteiger partial charge in [0.2, 0.25) is 0 Å². The van der Waals surface area contributed by atoms with Crippen molar-refractivity contribution in [3.05, 3.63) is 76.6 Å². The van der Waals surface area contributed by atoms with Gasteiger partial charge in [0.25, 0.3) is 0 Å². The van der Waals surface area contributed by atoms with Crippen molar-refractivity contribution < 1.29 is 22.3 Å². The third-order valence-electron chi connectivity index (χ3n) is 5.07. The maximum atomic E-state index is 14.0. The van der Waals surface area contributed by atoms with Gasteiger partial charge in [-0.15, -0.1) is 0 Å². The number of rotatable bonds is 1. The summed E-state index contributed by atoms with van der Waals surface area (Å²) in [5.74, 6) is -0.254. The topological polar surface area (TPSA) is 104 Å². The first-order valence-electron chi connectivity index (χ1n) is 10.0. The Bertz CT molecular complexity index is 1260. The molecule has 0 fully saturated rings. The Labute approximate surface area is 186 Å². The Morgan fingerprint density at radius 3 is 2.73 bits per heavy atom. The highest BCUT2D eigenvalue weighted by molar-refractivity contribution is 6.13. The fraction of sp³-hybridized carbons (Fsp3) is 0.227. The molecule has 1 aliphatic rings. The predicted octanol–water partition coefficient (Wildman–Crippen LogP) is 3.79. The molecule has 0 atom stereocenters. The molecule has 3 heterocycles. The summed E-state index contributed by atoms with van der Waals surface area (Å²) < 4.78 is 61.6. The Balaban J connectivity index is 1.99. The normalized spacial score (nSPS) is 16.5. The number of benzene rings is 1. The molecule has 0 aliphatic carbocycles. The third kappa shape index (κ3) is 4.38. The second-order valence-electron chi connectivity index (χ2n) is 7.29. The van der Waals surface area contributed by atoms with Crippen LogP contribution in [0.2, 0.25) is 0 Å². The van der Waals surface area contributed by atoms with Crippen molar-refractivity contribution in [1.82, 2.24) is 14.8 Å². The molecule has 4 N–H and O–H groups in total. The van der Waals surface area contributed by atoms with Crippen LogP contribution in [-0.4, -0.2) is 27.0 Å². The maximum Gasteiger partial charge on any atom is 0.435 e. The van der Waals surface area contributed by atoms with E-state index in [9.17, 15) is 17.6 Å². The third-order valence-corrected chi connectivity index (χ3v) is 5.07. The van der Waals surface area contributed by atoms with Crippen molar-refractivity contribution in [3.63, 3.8) is 0 Å². The second kappa shape index (κ2) is 8.57. The van der Waals surface area contributed by atoms with Crippen LogP contribution in [0.25, 0.3) is 5.69 Å². The number of pyridine rings is 1. The predicted molar refractivity (Wildman–Crippen MR) is 115 cm³/mol. The molecule has 0 saturated heterocycles. The molecule has 0 radical (unpaired) electrons. The number of halogens is 4.